The van der Waals surface area contributed by atoms with Gasteiger partial charge in [0.1, 0.15) is 0 Å². The summed E-state index contributed by atoms with van der Waals surface area (Å²) in [5, 5.41) is 23.7. The third kappa shape index (κ3) is 3.54. The molecule has 22 heavy (non-hydrogen) atoms. The van der Waals surface area contributed by atoms with Crippen LogP contribution in [0.15, 0.2) is 18.2 Å². The van der Waals surface area contributed by atoms with Crippen molar-refractivity contribution >= 4 is 11.6 Å². The van der Waals surface area contributed by atoms with E-state index in [1.807, 2.05) is 11.8 Å². The van der Waals surface area contributed by atoms with Gasteiger partial charge in [-0.3, -0.25) is 14.9 Å². The Morgan fingerprint density at radius 1 is 1.45 bits per heavy atom. The first kappa shape index (κ1) is 16.2. The van der Waals surface area contributed by atoms with Crippen LogP contribution in [0.2, 0.25) is 0 Å². The summed E-state index contributed by atoms with van der Waals surface area (Å²) in [7, 11) is 0. The van der Waals surface area contributed by atoms with Crippen LogP contribution in [0.4, 0.5) is 5.69 Å². The number of nitrogens with zero attached hydrogens (tertiary/aromatic N) is 2. The number of hydrogen-bond acceptors (Lipinski definition) is 5. The number of nitrogens with one attached hydrogen (secondary N) is 1. The minimum absolute atomic E-state index is 0.172. The average molecular weight is 307 g/mol. The van der Waals surface area contributed by atoms with Gasteiger partial charge in [-0.05, 0) is 44.5 Å². The highest BCUT2D eigenvalue weighted by Gasteiger charge is 2.26. The molecule has 1 fully saturated rings. The number of amides is 1. The molecule has 1 aliphatic heterocycles. The van der Waals surface area contributed by atoms with E-state index in [1.165, 1.54) is 18.2 Å². The molecule has 1 aliphatic rings. The number of phenols is 1. The Morgan fingerprint density at radius 3 is 2.68 bits per heavy atom. The fourth-order valence-corrected chi connectivity index (χ4v) is 2.79. The molecule has 1 saturated heterocycles. The van der Waals surface area contributed by atoms with E-state index in [-0.39, 0.29) is 23.2 Å². The third-order valence-corrected chi connectivity index (χ3v) is 3.89. The van der Waals surface area contributed by atoms with Gasteiger partial charge in [-0.15, -0.1) is 0 Å². The molecular weight excluding hydrogens is 286 g/mol. The molecule has 7 nitrogen and oxygen atoms in total. The van der Waals surface area contributed by atoms with Crippen molar-refractivity contribution in [3.8, 4) is 5.75 Å². The normalized spacial score (nSPS) is 15.5. The molecule has 7 heteroatoms. The van der Waals surface area contributed by atoms with Crippen molar-refractivity contribution in [3.05, 3.63) is 33.9 Å². The van der Waals surface area contributed by atoms with Crippen molar-refractivity contribution in [2.75, 3.05) is 19.6 Å². The SMILES string of the molecule is CCCN(C(=O)c1ccc([N+](=O)[O-])c(O)c1)C1CCNCC1. The van der Waals surface area contributed by atoms with Crippen molar-refractivity contribution in [1.82, 2.24) is 10.2 Å². The lowest BCUT2D eigenvalue weighted by atomic mass is 10.0. The van der Waals surface area contributed by atoms with Crippen molar-refractivity contribution in [2.45, 2.75) is 32.2 Å². The molecule has 1 heterocycles. The standard InChI is InChI=1S/C15H21N3O4/c1-2-9-17(12-5-7-16-8-6-12)15(20)11-3-4-13(18(21)22)14(19)10-11/h3-4,10,12,16,19H,2,5-9H2,1H3. The van der Waals surface area contributed by atoms with Crippen molar-refractivity contribution in [2.24, 2.45) is 0 Å². The fourth-order valence-electron chi connectivity index (χ4n) is 2.79. The van der Waals surface area contributed by atoms with Gasteiger partial charge in [0, 0.05) is 24.2 Å². The van der Waals surface area contributed by atoms with Crippen molar-refractivity contribution in [1.29, 1.82) is 0 Å². The summed E-state index contributed by atoms with van der Waals surface area (Å²) in [5.74, 6) is -0.656. The van der Waals surface area contributed by atoms with Gasteiger partial charge in [-0.1, -0.05) is 6.92 Å². The maximum absolute atomic E-state index is 12.7. The summed E-state index contributed by atoms with van der Waals surface area (Å²) in [6.45, 7) is 4.41. The number of piperidine rings is 1. The summed E-state index contributed by atoms with van der Waals surface area (Å²) < 4.78 is 0. The van der Waals surface area contributed by atoms with Crippen LogP contribution in [0.3, 0.4) is 0 Å². The molecule has 0 spiro atoms. The van der Waals surface area contributed by atoms with Crippen LogP contribution in [0.25, 0.3) is 0 Å². The quantitative estimate of drug-likeness (QED) is 0.640. The third-order valence-electron chi connectivity index (χ3n) is 3.89. The minimum Gasteiger partial charge on any atom is -0.502 e. The van der Waals surface area contributed by atoms with E-state index in [2.05, 4.69) is 5.32 Å². The predicted octanol–water partition coefficient (Wildman–Crippen LogP) is 1.90. The maximum Gasteiger partial charge on any atom is 0.310 e. The Hall–Kier alpha value is -2.15. The number of benzene rings is 1. The molecule has 120 valence electrons. The highest BCUT2D eigenvalue weighted by molar-refractivity contribution is 5.95. The topological polar surface area (TPSA) is 95.7 Å². The van der Waals surface area contributed by atoms with E-state index < -0.39 is 10.7 Å². The minimum atomic E-state index is -0.666. The Labute approximate surface area is 129 Å². The summed E-state index contributed by atoms with van der Waals surface area (Å²) in [4.78, 5) is 24.6. The predicted molar refractivity (Wildman–Crippen MR) is 82.0 cm³/mol. The Balaban J connectivity index is 2.22. The zero-order valence-corrected chi connectivity index (χ0v) is 12.6. The first-order chi connectivity index (χ1) is 10.5. The molecule has 0 atom stereocenters. The molecule has 1 aromatic carbocycles. The number of carbonyl (C=O) groups is 1. The summed E-state index contributed by atoms with van der Waals surface area (Å²) in [6.07, 6.45) is 2.63. The molecule has 0 aliphatic carbocycles. The van der Waals surface area contributed by atoms with Gasteiger partial charge < -0.3 is 15.3 Å². The summed E-state index contributed by atoms with van der Waals surface area (Å²) >= 11 is 0. The molecule has 2 rings (SSSR count). The van der Waals surface area contributed by atoms with Crippen LogP contribution in [0.5, 0.6) is 5.75 Å². The molecule has 0 saturated carbocycles. The number of carbonyl (C=O) groups excluding carboxylic acids is 1. The lowest BCUT2D eigenvalue weighted by Crippen LogP contribution is -2.46. The second-order valence-electron chi connectivity index (χ2n) is 5.44. The van der Waals surface area contributed by atoms with Gasteiger partial charge in [0.15, 0.2) is 5.75 Å². The fraction of sp³-hybridized carbons (Fsp3) is 0.533. The van der Waals surface area contributed by atoms with E-state index >= 15 is 0 Å². The highest BCUT2D eigenvalue weighted by Crippen LogP contribution is 2.27. The summed E-state index contributed by atoms with van der Waals surface area (Å²) in [5.41, 5.74) is -0.101. The summed E-state index contributed by atoms with van der Waals surface area (Å²) in [6, 6.07) is 3.94. The number of nitro benzene ring substituents is 1. The van der Waals surface area contributed by atoms with Gasteiger partial charge >= 0.3 is 5.69 Å². The largest absolute Gasteiger partial charge is 0.502 e. The average Bonchev–Trinajstić information content (AvgIpc) is 2.52. The molecule has 0 bridgehead atoms. The van der Waals surface area contributed by atoms with E-state index in [4.69, 9.17) is 0 Å². The lowest BCUT2D eigenvalue weighted by Gasteiger charge is -2.34. The molecule has 2 N–H and O–H groups in total. The second-order valence-corrected chi connectivity index (χ2v) is 5.44. The van der Waals surface area contributed by atoms with Gasteiger partial charge in [0.05, 0.1) is 4.92 Å². The van der Waals surface area contributed by atoms with Crippen molar-refractivity contribution < 1.29 is 14.8 Å². The number of phenolic OH excluding ortho intramolecular Hbond substituents is 1. The number of hydrogen-bond donors (Lipinski definition) is 2. The molecule has 0 aromatic heterocycles. The van der Waals surface area contributed by atoms with E-state index in [1.54, 1.807) is 0 Å². The first-order valence-electron chi connectivity index (χ1n) is 7.53. The van der Waals surface area contributed by atoms with E-state index in [9.17, 15) is 20.0 Å². The second kappa shape index (κ2) is 7.22. The van der Waals surface area contributed by atoms with Crippen LogP contribution in [0, 0.1) is 10.1 Å². The van der Waals surface area contributed by atoms with Crippen LogP contribution in [-0.2, 0) is 0 Å². The molecule has 0 radical (unpaired) electrons. The zero-order valence-electron chi connectivity index (χ0n) is 12.6. The highest BCUT2D eigenvalue weighted by atomic mass is 16.6. The Bertz CT molecular complexity index is 556. The monoisotopic (exact) mass is 307 g/mol. The Kier molecular flexibility index (Phi) is 5.32. The van der Waals surface area contributed by atoms with Crippen LogP contribution in [-0.4, -0.2) is 46.5 Å². The van der Waals surface area contributed by atoms with Crippen LogP contribution in [0.1, 0.15) is 36.5 Å². The van der Waals surface area contributed by atoms with Gasteiger partial charge in [-0.2, -0.15) is 0 Å². The van der Waals surface area contributed by atoms with E-state index in [0.717, 1.165) is 32.4 Å². The lowest BCUT2D eigenvalue weighted by molar-refractivity contribution is -0.385. The number of aromatic hydroxyl groups is 1. The maximum atomic E-state index is 12.7. The molecule has 0 unspecified atom stereocenters. The smallest absolute Gasteiger partial charge is 0.310 e. The number of nitro groups is 1. The van der Waals surface area contributed by atoms with Gasteiger partial charge in [-0.25, -0.2) is 0 Å². The first-order valence-corrected chi connectivity index (χ1v) is 7.53. The molecule has 1 amide bonds. The Morgan fingerprint density at radius 2 is 2.14 bits per heavy atom. The van der Waals surface area contributed by atoms with Gasteiger partial charge in [0.2, 0.25) is 0 Å². The van der Waals surface area contributed by atoms with Gasteiger partial charge in [0.25, 0.3) is 5.91 Å². The van der Waals surface area contributed by atoms with Crippen LogP contribution >= 0.6 is 0 Å². The molecular formula is C15H21N3O4. The molecule has 1 aromatic rings. The van der Waals surface area contributed by atoms with Crippen LogP contribution < -0.4 is 5.32 Å². The van der Waals surface area contributed by atoms with Crippen molar-refractivity contribution in [3.63, 3.8) is 0 Å². The van der Waals surface area contributed by atoms with E-state index in [0.29, 0.717) is 6.54 Å². The zero-order chi connectivity index (χ0) is 16.1. The number of rotatable bonds is 5.